The molecule has 1 saturated carbocycles. The van der Waals surface area contributed by atoms with Crippen molar-refractivity contribution >= 4 is 5.97 Å². The molecule has 1 aliphatic carbocycles. The van der Waals surface area contributed by atoms with Crippen LogP contribution in [0.1, 0.15) is 26.2 Å². The Morgan fingerprint density at radius 1 is 1.41 bits per heavy atom. The zero-order valence-electron chi connectivity index (χ0n) is 11.4. The smallest absolute Gasteiger partial charge is 0.431 e. The van der Waals surface area contributed by atoms with Gasteiger partial charge in [-0.25, -0.2) is 0 Å². The third-order valence-corrected chi connectivity index (χ3v) is 3.95. The van der Waals surface area contributed by atoms with E-state index in [-0.39, 0.29) is 30.3 Å². The lowest BCUT2D eigenvalue weighted by Gasteiger charge is -2.41. The number of hydrogen-bond acceptors (Lipinski definition) is 3. The lowest BCUT2D eigenvalue weighted by molar-refractivity contribution is -0.233. The monoisotopic (exact) mass is 332 g/mol. The van der Waals surface area contributed by atoms with E-state index < -0.39 is 41.5 Å². The maximum absolute atomic E-state index is 13.6. The molecular formula is C12H14F6N2O2. The molecule has 0 amide bonds. The SMILES string of the molecule is CCC(C(=O)O)N1NC(C(F)(F)F)=CC1(C1CC1)C(F)(F)F. The lowest BCUT2D eigenvalue weighted by Crippen LogP contribution is -2.64. The summed E-state index contributed by atoms with van der Waals surface area (Å²) >= 11 is 0. The third kappa shape index (κ3) is 2.53. The molecule has 2 N–H and O–H groups in total. The van der Waals surface area contributed by atoms with E-state index in [0.29, 0.717) is 0 Å². The van der Waals surface area contributed by atoms with Crippen LogP contribution >= 0.6 is 0 Å². The number of nitrogens with zero attached hydrogens (tertiary/aromatic N) is 1. The van der Waals surface area contributed by atoms with E-state index in [2.05, 4.69) is 0 Å². The fraction of sp³-hybridized carbons (Fsp3) is 0.750. The maximum Gasteiger partial charge on any atom is 0.431 e. The van der Waals surface area contributed by atoms with E-state index in [1.165, 1.54) is 6.92 Å². The number of carboxylic acid groups (broad SMARTS) is 1. The number of carbonyl (C=O) groups is 1. The van der Waals surface area contributed by atoms with Gasteiger partial charge in [-0.2, -0.15) is 31.4 Å². The summed E-state index contributed by atoms with van der Waals surface area (Å²) in [5, 5.41) is 9.29. The molecule has 22 heavy (non-hydrogen) atoms. The number of hydrogen-bond donors (Lipinski definition) is 2. The zero-order chi connectivity index (χ0) is 16.9. The Hall–Kier alpha value is -1.45. The van der Waals surface area contributed by atoms with E-state index in [9.17, 15) is 31.1 Å². The van der Waals surface area contributed by atoms with Gasteiger partial charge in [0.15, 0.2) is 5.54 Å². The summed E-state index contributed by atoms with van der Waals surface area (Å²) in [6.45, 7) is 1.31. The van der Waals surface area contributed by atoms with Gasteiger partial charge < -0.3 is 10.5 Å². The van der Waals surface area contributed by atoms with Crippen molar-refractivity contribution in [2.24, 2.45) is 5.92 Å². The molecule has 126 valence electrons. The van der Waals surface area contributed by atoms with Gasteiger partial charge in [0.2, 0.25) is 0 Å². The Bertz CT molecular complexity index is 497. The van der Waals surface area contributed by atoms with E-state index in [1.54, 1.807) is 5.43 Å². The Morgan fingerprint density at radius 3 is 2.27 bits per heavy atom. The second-order valence-electron chi connectivity index (χ2n) is 5.40. The first-order valence-corrected chi connectivity index (χ1v) is 6.60. The predicted molar refractivity (Wildman–Crippen MR) is 62.3 cm³/mol. The van der Waals surface area contributed by atoms with Crippen molar-refractivity contribution in [1.29, 1.82) is 0 Å². The van der Waals surface area contributed by atoms with E-state index in [0.717, 1.165) is 0 Å². The summed E-state index contributed by atoms with van der Waals surface area (Å²) in [5.74, 6) is -2.70. The van der Waals surface area contributed by atoms with Crippen LogP contribution in [0.15, 0.2) is 11.8 Å². The number of allylic oxidation sites excluding steroid dienone is 1. The first-order chi connectivity index (χ1) is 9.95. The minimum absolute atomic E-state index is 0.0926. The standard InChI is InChI=1S/C12H14F6N2O2/c1-2-7(9(21)22)20-10(6-3-4-6,12(16,17)18)5-8(19-20)11(13,14)15/h5-7,19H,2-4H2,1H3,(H,21,22). The minimum atomic E-state index is -5.03. The minimum Gasteiger partial charge on any atom is -0.480 e. The number of rotatable bonds is 4. The van der Waals surface area contributed by atoms with Crippen molar-refractivity contribution < 1.29 is 36.2 Å². The molecule has 0 spiro atoms. The molecule has 2 unspecified atom stereocenters. The van der Waals surface area contributed by atoms with Crippen LogP contribution < -0.4 is 5.43 Å². The molecule has 1 fully saturated rings. The normalized spacial score (nSPS) is 28.2. The highest BCUT2D eigenvalue weighted by Crippen LogP contribution is 2.56. The second kappa shape index (κ2) is 5.04. The fourth-order valence-corrected chi connectivity index (χ4v) is 2.78. The van der Waals surface area contributed by atoms with Crippen LogP contribution in [0.25, 0.3) is 0 Å². The van der Waals surface area contributed by atoms with Gasteiger partial charge in [0.05, 0.1) is 0 Å². The van der Waals surface area contributed by atoms with E-state index >= 15 is 0 Å². The zero-order valence-corrected chi connectivity index (χ0v) is 11.4. The molecule has 0 aromatic heterocycles. The Kier molecular flexibility index (Phi) is 3.87. The fourth-order valence-electron chi connectivity index (χ4n) is 2.78. The first-order valence-electron chi connectivity index (χ1n) is 6.60. The van der Waals surface area contributed by atoms with Crippen LogP contribution in [0.2, 0.25) is 0 Å². The topological polar surface area (TPSA) is 52.6 Å². The van der Waals surface area contributed by atoms with Gasteiger partial charge in [-0.05, 0) is 31.3 Å². The Labute approximate surface area is 121 Å². The van der Waals surface area contributed by atoms with E-state index in [1.807, 2.05) is 0 Å². The molecule has 0 radical (unpaired) electrons. The molecule has 2 rings (SSSR count). The summed E-state index contributed by atoms with van der Waals surface area (Å²) in [7, 11) is 0. The van der Waals surface area contributed by atoms with Gasteiger partial charge in [-0.3, -0.25) is 4.79 Å². The molecule has 0 aromatic rings. The highest BCUT2D eigenvalue weighted by atomic mass is 19.4. The lowest BCUT2D eigenvalue weighted by atomic mass is 9.89. The largest absolute Gasteiger partial charge is 0.480 e. The van der Waals surface area contributed by atoms with Gasteiger partial charge in [-0.1, -0.05) is 6.92 Å². The summed E-state index contributed by atoms with van der Waals surface area (Å²) in [5.41, 5.74) is -2.87. The van der Waals surface area contributed by atoms with Crippen LogP contribution in [0, 0.1) is 5.92 Å². The van der Waals surface area contributed by atoms with Gasteiger partial charge in [-0.15, -0.1) is 0 Å². The maximum atomic E-state index is 13.6. The number of carboxylic acids is 1. The molecule has 2 atom stereocenters. The molecule has 0 aromatic carbocycles. The molecule has 1 aliphatic heterocycles. The molecule has 0 saturated heterocycles. The van der Waals surface area contributed by atoms with E-state index in [4.69, 9.17) is 5.11 Å². The molecule has 10 heteroatoms. The van der Waals surface area contributed by atoms with Crippen LogP contribution in [0.5, 0.6) is 0 Å². The van der Waals surface area contributed by atoms with Crippen molar-refractivity contribution in [2.45, 2.75) is 50.1 Å². The first kappa shape index (κ1) is 16.9. The molecule has 0 bridgehead atoms. The highest BCUT2D eigenvalue weighted by molar-refractivity contribution is 5.73. The summed E-state index contributed by atoms with van der Waals surface area (Å²) in [6.07, 6.45) is -10.0. The van der Waals surface area contributed by atoms with Crippen LogP contribution in [0.4, 0.5) is 26.3 Å². The third-order valence-electron chi connectivity index (χ3n) is 3.95. The summed E-state index contributed by atoms with van der Waals surface area (Å²) < 4.78 is 79.3. The van der Waals surface area contributed by atoms with Crippen LogP contribution in [0.3, 0.4) is 0 Å². The van der Waals surface area contributed by atoms with Crippen LogP contribution in [-0.2, 0) is 4.79 Å². The highest BCUT2D eigenvalue weighted by Gasteiger charge is 2.70. The second-order valence-corrected chi connectivity index (χ2v) is 5.40. The van der Waals surface area contributed by atoms with Crippen molar-refractivity contribution in [3.63, 3.8) is 0 Å². The van der Waals surface area contributed by atoms with Crippen molar-refractivity contribution in [3.8, 4) is 0 Å². The Balaban J connectivity index is 2.55. The van der Waals surface area contributed by atoms with Gasteiger partial charge in [0, 0.05) is 0 Å². The quantitative estimate of drug-likeness (QED) is 0.778. The average molecular weight is 332 g/mol. The Morgan fingerprint density at radius 2 is 1.95 bits per heavy atom. The van der Waals surface area contributed by atoms with Crippen molar-refractivity contribution in [3.05, 3.63) is 11.8 Å². The molecule has 2 aliphatic rings. The van der Waals surface area contributed by atoms with Crippen LogP contribution in [-0.4, -0.2) is 40.0 Å². The number of halogens is 6. The number of nitrogens with one attached hydrogen (secondary N) is 1. The van der Waals surface area contributed by atoms with Crippen molar-refractivity contribution in [1.82, 2.24) is 10.4 Å². The molecular weight excluding hydrogens is 318 g/mol. The van der Waals surface area contributed by atoms with Gasteiger partial charge in [0.25, 0.3) is 0 Å². The summed E-state index contributed by atoms with van der Waals surface area (Å²) in [4.78, 5) is 11.2. The van der Waals surface area contributed by atoms with Gasteiger partial charge in [0.1, 0.15) is 11.7 Å². The number of aliphatic carboxylic acids is 1. The number of alkyl halides is 6. The predicted octanol–water partition coefficient (Wildman–Crippen LogP) is 2.83. The van der Waals surface area contributed by atoms with Gasteiger partial charge >= 0.3 is 18.3 Å². The number of hydrazine groups is 1. The average Bonchev–Trinajstić information content (AvgIpc) is 3.09. The molecule has 1 heterocycles. The molecule has 4 nitrogen and oxygen atoms in total. The summed E-state index contributed by atoms with van der Waals surface area (Å²) in [6, 6.07) is -1.72. The van der Waals surface area contributed by atoms with Crippen molar-refractivity contribution in [2.75, 3.05) is 0 Å².